The van der Waals surface area contributed by atoms with Gasteiger partial charge in [-0.25, -0.2) is 4.79 Å². The minimum absolute atomic E-state index is 0.00208. The minimum Gasteiger partial charge on any atom is -0.379 e. The first-order chi connectivity index (χ1) is 33.9. The molecule has 1 heterocycles. The second-order valence-electron chi connectivity index (χ2n) is 20.0. The molecule has 1 saturated carbocycles. The summed E-state index contributed by atoms with van der Waals surface area (Å²) in [6, 6.07) is 6.91. The van der Waals surface area contributed by atoms with E-state index in [4.69, 9.17) is 18.9 Å². The molecule has 0 aromatic heterocycles. The number of nitrogens with zero attached hydrogens (tertiary/aromatic N) is 2. The summed E-state index contributed by atoms with van der Waals surface area (Å²) in [7, 11) is 8.51. The van der Waals surface area contributed by atoms with Gasteiger partial charge in [0.2, 0.25) is 29.5 Å². The molecule has 3 rings (SSSR count). The third-order valence-corrected chi connectivity index (χ3v) is 14.5. The molecular weight excluding hydrogens is 911 g/mol. The summed E-state index contributed by atoms with van der Waals surface area (Å²) in [5, 5.41) is 20.9. The van der Waals surface area contributed by atoms with Crippen molar-refractivity contribution in [3.63, 3.8) is 0 Å². The highest BCUT2D eigenvalue weighted by atomic mass is 16.5. The Labute approximate surface area is 424 Å². The number of rotatable bonds is 34. The molecule has 0 spiro atoms. The van der Waals surface area contributed by atoms with Gasteiger partial charge in [0.25, 0.3) is 0 Å². The zero-order chi connectivity index (χ0) is 52.5. The number of hydrogen-bond acceptors (Lipinski definition) is 12. The van der Waals surface area contributed by atoms with Crippen molar-refractivity contribution in [3.05, 3.63) is 35.9 Å². The number of benzene rings is 1. The van der Waals surface area contributed by atoms with Crippen molar-refractivity contribution in [3.8, 4) is 0 Å². The third kappa shape index (κ3) is 20.2. The number of nitrogens with one attached hydrogen (secondary N) is 7. The molecule has 0 unspecified atom stereocenters. The zero-order valence-corrected chi connectivity index (χ0v) is 44.9. The van der Waals surface area contributed by atoms with Crippen LogP contribution in [0.1, 0.15) is 92.1 Å². The number of methoxy groups -OCH3 is 2. The molecule has 0 bridgehead atoms. The summed E-state index contributed by atoms with van der Waals surface area (Å²) in [5.74, 6) is -1.40. The van der Waals surface area contributed by atoms with Gasteiger partial charge in [-0.15, -0.1) is 0 Å². The maximum absolute atomic E-state index is 14.0. The highest BCUT2D eigenvalue weighted by Crippen LogP contribution is 2.54. The molecule has 71 heavy (non-hydrogen) atoms. The van der Waals surface area contributed by atoms with Crippen LogP contribution in [0.4, 0.5) is 4.79 Å². The van der Waals surface area contributed by atoms with Crippen LogP contribution in [-0.4, -0.2) is 182 Å². The van der Waals surface area contributed by atoms with Gasteiger partial charge in [-0.05, 0) is 95.4 Å². The Morgan fingerprint density at radius 2 is 1.44 bits per heavy atom. The summed E-state index contributed by atoms with van der Waals surface area (Å²) in [6.07, 6.45) is 4.67. The Morgan fingerprint density at radius 3 is 2.03 bits per heavy atom. The van der Waals surface area contributed by atoms with E-state index < -0.39 is 41.8 Å². The average molecular weight is 1000 g/mol. The van der Waals surface area contributed by atoms with Crippen LogP contribution in [-0.2, 0) is 49.3 Å². The molecule has 1 aliphatic carbocycles. The van der Waals surface area contributed by atoms with Gasteiger partial charge in [0.15, 0.2) is 0 Å². The maximum Gasteiger partial charge on any atom is 0.314 e. The first-order valence-corrected chi connectivity index (χ1v) is 26.0. The minimum atomic E-state index is -0.829. The van der Waals surface area contributed by atoms with Gasteiger partial charge < -0.3 is 61.1 Å². The van der Waals surface area contributed by atoms with E-state index in [1.165, 1.54) is 0 Å². The van der Waals surface area contributed by atoms with Crippen molar-refractivity contribution in [1.82, 2.24) is 47.0 Å². The average Bonchev–Trinajstić information content (AvgIpc) is 4.09. The van der Waals surface area contributed by atoms with E-state index >= 15 is 0 Å². The van der Waals surface area contributed by atoms with Gasteiger partial charge >= 0.3 is 6.03 Å². The van der Waals surface area contributed by atoms with Gasteiger partial charge in [0.05, 0.1) is 62.6 Å². The van der Waals surface area contributed by atoms with Crippen LogP contribution in [0.25, 0.3) is 0 Å². The first kappa shape index (κ1) is 60.9. The number of hydrogen-bond donors (Lipinski definition) is 7. The Bertz CT molecular complexity index is 1770. The molecule has 1 aromatic carbocycles. The van der Waals surface area contributed by atoms with Crippen LogP contribution in [0.5, 0.6) is 0 Å². The fourth-order valence-corrected chi connectivity index (χ4v) is 9.32. The molecule has 1 aliphatic heterocycles. The van der Waals surface area contributed by atoms with Gasteiger partial charge in [-0.1, -0.05) is 71.4 Å². The number of ether oxygens (including phenoxy) is 4. The molecule has 1 saturated heterocycles. The smallest absolute Gasteiger partial charge is 0.314 e. The van der Waals surface area contributed by atoms with Crippen molar-refractivity contribution in [2.24, 2.45) is 29.6 Å². The number of carbonyl (C=O) groups excluding carboxylic acids is 6. The molecule has 2 aliphatic rings. The second kappa shape index (κ2) is 31.9. The summed E-state index contributed by atoms with van der Waals surface area (Å²) in [5.41, 5.74) is 0.200. The lowest BCUT2D eigenvalue weighted by atomic mass is 9.89. The van der Waals surface area contributed by atoms with Gasteiger partial charge in [-0.2, -0.15) is 0 Å². The van der Waals surface area contributed by atoms with Crippen LogP contribution in [0.2, 0.25) is 0 Å². The highest BCUT2D eigenvalue weighted by Gasteiger charge is 2.60. The van der Waals surface area contributed by atoms with Crippen molar-refractivity contribution in [1.29, 1.82) is 0 Å². The van der Waals surface area contributed by atoms with E-state index in [0.717, 1.165) is 37.9 Å². The van der Waals surface area contributed by atoms with E-state index in [1.807, 2.05) is 79.0 Å². The molecular formula is C52H91N9O10. The number of carbonyl (C=O) groups is 6. The maximum atomic E-state index is 14.0. The number of urea groups is 1. The quantitative estimate of drug-likeness (QED) is 0.0495. The molecule has 7 N–H and O–H groups in total. The largest absolute Gasteiger partial charge is 0.379 e. The van der Waals surface area contributed by atoms with Gasteiger partial charge in [-0.3, -0.25) is 28.9 Å². The molecule has 19 nitrogen and oxygen atoms in total. The molecule has 7 amide bonds. The van der Waals surface area contributed by atoms with Crippen LogP contribution < -0.4 is 37.2 Å². The molecule has 0 radical (unpaired) electrons. The zero-order valence-electron chi connectivity index (χ0n) is 44.9. The van der Waals surface area contributed by atoms with Crippen molar-refractivity contribution < 1.29 is 47.7 Å². The van der Waals surface area contributed by atoms with E-state index in [-0.39, 0.29) is 72.9 Å². The monoisotopic (exact) mass is 1000 g/mol. The number of likely N-dealkylation sites (N-methyl/N-ethyl adjacent to an activating group) is 2. The lowest BCUT2D eigenvalue weighted by molar-refractivity contribution is -0.144. The highest BCUT2D eigenvalue weighted by molar-refractivity contribution is 5.90. The third-order valence-electron chi connectivity index (χ3n) is 14.5. The normalized spacial score (nSPS) is 19.9. The van der Waals surface area contributed by atoms with Crippen molar-refractivity contribution >= 4 is 35.6 Å². The summed E-state index contributed by atoms with van der Waals surface area (Å²) < 4.78 is 23.2. The summed E-state index contributed by atoms with van der Waals surface area (Å²) in [4.78, 5) is 83.3. The lowest BCUT2D eigenvalue weighted by Crippen LogP contribution is -2.58. The second-order valence-corrected chi connectivity index (χ2v) is 20.0. The Kier molecular flexibility index (Phi) is 27.4. The summed E-state index contributed by atoms with van der Waals surface area (Å²) >= 11 is 0. The van der Waals surface area contributed by atoms with Gasteiger partial charge in [0, 0.05) is 53.9 Å². The first-order valence-electron chi connectivity index (χ1n) is 26.0. The Hall–Kier alpha value is -4.40. The van der Waals surface area contributed by atoms with Crippen molar-refractivity contribution in [2.45, 2.75) is 129 Å². The molecule has 1 aromatic rings. The predicted octanol–water partition coefficient (Wildman–Crippen LogP) is 2.47. The SMILES string of the molecule is CC[C@H](C)[C@@H]([C@@H](CC(=O)NCCC[C@@H]1C[C@@]1(OC)[C@@H](C)C(=O)N[C@@H](Cc1ccccc1)C(=O)NCCOCCOCCNC(=O)NCC1CCNCC1)OC)N(C)C(=O)[C@@H](NC(=O)[C@H](C)N(C)C)C(C)C. The fraction of sp³-hybridized carbons (Fsp3) is 0.769. The van der Waals surface area contributed by atoms with Crippen LogP contribution in [0.15, 0.2) is 30.3 Å². The van der Waals surface area contributed by atoms with Crippen molar-refractivity contribution in [2.75, 3.05) is 101 Å². The number of amides is 7. The van der Waals surface area contributed by atoms with Crippen LogP contribution in [0, 0.1) is 29.6 Å². The lowest BCUT2D eigenvalue weighted by Gasteiger charge is -2.40. The van der Waals surface area contributed by atoms with Gasteiger partial charge in [0.1, 0.15) is 12.1 Å². The Morgan fingerprint density at radius 1 is 0.789 bits per heavy atom. The molecule has 2 fully saturated rings. The standard InChI is InChI=1S/C52H91N9O10/c1-12-36(4)46(61(9)50(66)45(35(2)3)59-48(64)38(6)60(7)8)43(68-10)32-44(62)54-22-16-19-41-33-52(41,69-11)37(5)47(63)58-42(31-39-17-14-13-15-18-39)49(65)55-25-27-70-29-30-71-28-26-56-51(67)57-34-40-20-23-53-24-21-40/h13-15,17-18,35-38,40-43,45-46,53H,12,16,19-34H2,1-11H3,(H,54,62)(H,55,65)(H,58,63)(H,59,64)(H2,56,57,67)/t36-,37-,38-,41+,42-,43+,45-,46-,52+/m0/s1. The van der Waals surface area contributed by atoms with E-state index in [1.54, 1.807) is 38.0 Å². The molecule has 19 heteroatoms. The van der Waals surface area contributed by atoms with Crippen LogP contribution >= 0.6 is 0 Å². The van der Waals surface area contributed by atoms with E-state index in [9.17, 15) is 28.8 Å². The molecule has 404 valence electrons. The number of piperidine rings is 1. The topological polar surface area (TPSA) is 230 Å². The fourth-order valence-electron chi connectivity index (χ4n) is 9.32. The van der Waals surface area contributed by atoms with E-state index in [0.29, 0.717) is 71.1 Å². The summed E-state index contributed by atoms with van der Waals surface area (Å²) in [6.45, 7) is 16.4. The molecule has 9 atom stereocenters. The van der Waals surface area contributed by atoms with E-state index in [2.05, 4.69) is 37.2 Å². The van der Waals surface area contributed by atoms with Crippen LogP contribution in [0.3, 0.4) is 0 Å². The Balaban J connectivity index is 1.45. The predicted molar refractivity (Wildman–Crippen MR) is 274 cm³/mol.